The van der Waals surface area contributed by atoms with Crippen molar-refractivity contribution in [1.29, 1.82) is 0 Å². The second-order valence-corrected chi connectivity index (χ2v) is 7.97. The maximum Gasteiger partial charge on any atom is 0.258 e. The van der Waals surface area contributed by atoms with E-state index in [0.29, 0.717) is 12.2 Å². The fourth-order valence-electron chi connectivity index (χ4n) is 3.57. The van der Waals surface area contributed by atoms with Crippen molar-refractivity contribution < 1.29 is 14.3 Å². The number of nitrogens with zero attached hydrogens (tertiary/aromatic N) is 1. The summed E-state index contributed by atoms with van der Waals surface area (Å²) in [6.07, 6.45) is 0.880. The Hall–Kier alpha value is -3.27. The van der Waals surface area contributed by atoms with Crippen molar-refractivity contribution in [3.63, 3.8) is 0 Å². The summed E-state index contributed by atoms with van der Waals surface area (Å²) in [7, 11) is 1.78. The number of anilines is 1. The van der Waals surface area contributed by atoms with Crippen molar-refractivity contribution in [2.75, 3.05) is 11.9 Å². The van der Waals surface area contributed by atoms with E-state index in [2.05, 4.69) is 19.9 Å². The minimum atomic E-state index is -0.200. The number of carbonyl (C=O) groups excluding carboxylic acids is 1. The smallest absolute Gasteiger partial charge is 0.258 e. The van der Waals surface area contributed by atoms with Gasteiger partial charge in [-0.1, -0.05) is 42.5 Å². The fraction of sp³-hybridized carbons (Fsp3) is 0.240. The van der Waals surface area contributed by atoms with Crippen molar-refractivity contribution in [2.45, 2.75) is 32.5 Å². The molecule has 0 N–H and O–H groups in total. The first-order valence-electron chi connectivity index (χ1n) is 9.79. The number of hydrogen-bond donors (Lipinski definition) is 0. The molecule has 148 valence electrons. The number of para-hydroxylation sites is 2. The summed E-state index contributed by atoms with van der Waals surface area (Å²) in [6, 6.07) is 23.2. The number of carbonyl (C=O) groups is 1. The van der Waals surface area contributed by atoms with Gasteiger partial charge in [-0.15, -0.1) is 0 Å². The zero-order valence-corrected chi connectivity index (χ0v) is 17.0. The molecule has 0 atom stereocenters. The average Bonchev–Trinajstić information content (AvgIpc) is 3.06. The van der Waals surface area contributed by atoms with Gasteiger partial charge in [0, 0.05) is 30.3 Å². The molecule has 0 saturated heterocycles. The number of hydrogen-bond acceptors (Lipinski definition) is 3. The van der Waals surface area contributed by atoms with Crippen molar-refractivity contribution >= 4 is 11.6 Å². The molecular weight excluding hydrogens is 362 g/mol. The van der Waals surface area contributed by atoms with Crippen molar-refractivity contribution in [2.24, 2.45) is 0 Å². The Kier molecular flexibility index (Phi) is 5.01. The number of fused-ring (bicyclic) bond motifs is 1. The van der Waals surface area contributed by atoms with Crippen LogP contribution in [0, 0.1) is 0 Å². The molecule has 1 aliphatic rings. The zero-order valence-electron chi connectivity index (χ0n) is 17.0. The van der Waals surface area contributed by atoms with E-state index in [1.54, 1.807) is 11.9 Å². The Morgan fingerprint density at radius 1 is 1.00 bits per heavy atom. The Balaban J connectivity index is 1.42. The molecule has 0 radical (unpaired) electrons. The number of ether oxygens (including phenoxy) is 2. The third kappa shape index (κ3) is 4.11. The van der Waals surface area contributed by atoms with E-state index < -0.39 is 0 Å². The van der Waals surface area contributed by atoms with E-state index in [4.69, 9.17) is 9.47 Å². The lowest BCUT2D eigenvalue weighted by molar-refractivity contribution is 0.0993. The molecule has 0 spiro atoms. The molecule has 0 aromatic heterocycles. The minimum Gasteiger partial charge on any atom is -0.485 e. The van der Waals surface area contributed by atoms with Gasteiger partial charge in [-0.3, -0.25) is 4.79 Å². The highest BCUT2D eigenvalue weighted by atomic mass is 16.5. The molecule has 0 unspecified atom stereocenters. The molecule has 4 rings (SSSR count). The number of amides is 1. The summed E-state index contributed by atoms with van der Waals surface area (Å²) in [5.74, 6) is 1.56. The molecule has 0 aliphatic carbocycles. The molecule has 3 aromatic carbocycles. The molecule has 29 heavy (non-hydrogen) atoms. The summed E-state index contributed by atoms with van der Waals surface area (Å²) >= 11 is 0. The Bertz CT molecular complexity index is 1010. The number of benzene rings is 3. The van der Waals surface area contributed by atoms with Crippen molar-refractivity contribution in [3.8, 4) is 11.5 Å². The predicted octanol–water partition coefficient (Wildman–Crippen LogP) is 5.26. The van der Waals surface area contributed by atoms with Crippen LogP contribution in [0.3, 0.4) is 0 Å². The molecule has 3 aromatic rings. The maximum absolute atomic E-state index is 12.7. The monoisotopic (exact) mass is 387 g/mol. The van der Waals surface area contributed by atoms with Crippen LogP contribution in [0.15, 0.2) is 72.8 Å². The summed E-state index contributed by atoms with van der Waals surface area (Å²) < 4.78 is 12.1. The molecule has 1 aliphatic heterocycles. The van der Waals surface area contributed by atoms with Crippen LogP contribution in [-0.4, -0.2) is 18.6 Å². The first-order valence-corrected chi connectivity index (χ1v) is 9.79. The molecular formula is C25H25NO3. The van der Waals surface area contributed by atoms with E-state index in [-0.39, 0.29) is 11.5 Å². The van der Waals surface area contributed by atoms with Gasteiger partial charge in [-0.25, -0.2) is 0 Å². The first kappa shape index (κ1) is 19.1. The highest BCUT2D eigenvalue weighted by molar-refractivity contribution is 6.05. The van der Waals surface area contributed by atoms with E-state index in [1.807, 2.05) is 66.7 Å². The molecule has 0 saturated carbocycles. The van der Waals surface area contributed by atoms with E-state index in [9.17, 15) is 4.79 Å². The Morgan fingerprint density at radius 3 is 2.45 bits per heavy atom. The molecule has 0 fully saturated rings. The normalized spacial score (nSPS) is 14.0. The summed E-state index contributed by atoms with van der Waals surface area (Å²) in [4.78, 5) is 14.4. The molecule has 4 heteroatoms. The topological polar surface area (TPSA) is 38.8 Å². The molecule has 4 nitrogen and oxygen atoms in total. The summed E-state index contributed by atoms with van der Waals surface area (Å²) in [5, 5.41) is 0. The zero-order chi connectivity index (χ0) is 20.4. The van der Waals surface area contributed by atoms with Crippen molar-refractivity contribution in [3.05, 3.63) is 89.5 Å². The van der Waals surface area contributed by atoms with E-state index >= 15 is 0 Å². The lowest BCUT2D eigenvalue weighted by atomic mass is 10.0. The highest BCUT2D eigenvalue weighted by Gasteiger charge is 2.32. The second kappa shape index (κ2) is 7.63. The van der Waals surface area contributed by atoms with Gasteiger partial charge in [0.1, 0.15) is 12.2 Å². The van der Waals surface area contributed by atoms with Crippen LogP contribution >= 0.6 is 0 Å². The van der Waals surface area contributed by atoms with Gasteiger partial charge >= 0.3 is 0 Å². The van der Waals surface area contributed by atoms with Crippen LogP contribution in [0.25, 0.3) is 0 Å². The van der Waals surface area contributed by atoms with Gasteiger partial charge in [-0.05, 0) is 49.7 Å². The van der Waals surface area contributed by atoms with Crippen LogP contribution in [0.5, 0.6) is 11.5 Å². The van der Waals surface area contributed by atoms with Gasteiger partial charge in [0.05, 0.1) is 0 Å². The second-order valence-electron chi connectivity index (χ2n) is 7.97. The van der Waals surface area contributed by atoms with Gasteiger partial charge in [0.2, 0.25) is 0 Å². The summed E-state index contributed by atoms with van der Waals surface area (Å²) in [5.41, 5.74) is 3.49. The van der Waals surface area contributed by atoms with Gasteiger partial charge in [0.25, 0.3) is 5.91 Å². The molecule has 1 amide bonds. The fourth-order valence-corrected chi connectivity index (χ4v) is 3.57. The van der Waals surface area contributed by atoms with E-state index in [0.717, 1.165) is 29.2 Å². The number of rotatable bonds is 5. The lowest BCUT2D eigenvalue weighted by Gasteiger charge is -2.18. The predicted molar refractivity (Wildman–Crippen MR) is 115 cm³/mol. The van der Waals surface area contributed by atoms with Crippen LogP contribution in [-0.2, 0) is 13.0 Å². The average molecular weight is 387 g/mol. The standard InChI is InChI=1S/C25H25NO3/c1-25(2)16-20-8-7-11-22(23(20)29-25)28-17-18-12-14-19(15-13-18)24(27)26(3)21-9-5-4-6-10-21/h4-15H,16-17H2,1-3H3. The van der Waals surface area contributed by atoms with Crippen LogP contribution in [0.1, 0.15) is 35.3 Å². The summed E-state index contributed by atoms with van der Waals surface area (Å²) in [6.45, 7) is 4.58. The van der Waals surface area contributed by atoms with Crippen molar-refractivity contribution in [1.82, 2.24) is 0 Å². The SMILES string of the molecule is CN(C(=O)c1ccc(COc2cccc3c2OC(C)(C)C3)cc1)c1ccccc1. The third-order valence-corrected chi connectivity index (χ3v) is 5.10. The first-order chi connectivity index (χ1) is 13.9. The van der Waals surface area contributed by atoms with Crippen LogP contribution < -0.4 is 14.4 Å². The Morgan fingerprint density at radius 2 is 1.72 bits per heavy atom. The highest BCUT2D eigenvalue weighted by Crippen LogP contribution is 2.41. The van der Waals surface area contributed by atoms with E-state index in [1.165, 1.54) is 5.56 Å². The van der Waals surface area contributed by atoms with Crippen LogP contribution in [0.2, 0.25) is 0 Å². The van der Waals surface area contributed by atoms with Gasteiger partial charge in [-0.2, -0.15) is 0 Å². The molecule has 0 bridgehead atoms. The Labute approximate surface area is 171 Å². The quantitative estimate of drug-likeness (QED) is 0.600. The maximum atomic E-state index is 12.7. The van der Waals surface area contributed by atoms with Gasteiger partial charge in [0.15, 0.2) is 11.5 Å². The van der Waals surface area contributed by atoms with Crippen LogP contribution in [0.4, 0.5) is 5.69 Å². The molecule has 1 heterocycles. The minimum absolute atomic E-state index is 0.0415. The lowest BCUT2D eigenvalue weighted by Crippen LogP contribution is -2.26. The largest absolute Gasteiger partial charge is 0.485 e. The third-order valence-electron chi connectivity index (χ3n) is 5.10. The van der Waals surface area contributed by atoms with Gasteiger partial charge < -0.3 is 14.4 Å².